The minimum absolute atomic E-state index is 0.105. The van der Waals surface area contributed by atoms with Crippen molar-refractivity contribution < 1.29 is 8.78 Å². The molecule has 0 spiro atoms. The maximum atomic E-state index is 13.4. The van der Waals surface area contributed by atoms with E-state index in [1.165, 1.54) is 24.3 Å². The van der Waals surface area contributed by atoms with Gasteiger partial charge in [-0.15, -0.1) is 0 Å². The average molecular weight is 410 g/mol. The highest BCUT2D eigenvalue weighted by atomic mass is 19.1. The topological polar surface area (TPSA) is 64.1 Å². The van der Waals surface area contributed by atoms with Gasteiger partial charge >= 0.3 is 0 Å². The van der Waals surface area contributed by atoms with Gasteiger partial charge in [-0.1, -0.05) is 36.4 Å². The summed E-state index contributed by atoms with van der Waals surface area (Å²) in [5.74, 6) is -0.521. The summed E-state index contributed by atoms with van der Waals surface area (Å²) in [6.45, 7) is 2.21. The highest BCUT2D eigenvalue weighted by Crippen LogP contribution is 2.29. The Morgan fingerprint density at radius 1 is 0.767 bits per heavy atom. The lowest BCUT2D eigenvalue weighted by molar-refractivity contribution is 0.532. The van der Waals surface area contributed by atoms with Gasteiger partial charge in [0.05, 0.1) is 0 Å². The molecule has 0 bridgehead atoms. The molecule has 0 saturated carbocycles. The molecule has 1 atom stereocenters. The molecule has 3 aromatic rings. The number of nitrogens with two attached hydrogens (primary N) is 2. The molecule has 0 radical (unpaired) electrons. The van der Waals surface area contributed by atoms with Crippen LogP contribution in [0.1, 0.15) is 18.4 Å². The van der Waals surface area contributed by atoms with Gasteiger partial charge in [0.2, 0.25) is 0 Å². The van der Waals surface area contributed by atoms with Crippen LogP contribution in [0.3, 0.4) is 0 Å². The Morgan fingerprint density at radius 2 is 1.30 bits per heavy atom. The maximum Gasteiger partial charge on any atom is 0.123 e. The lowest BCUT2D eigenvalue weighted by atomic mass is 9.95. The SMILES string of the molecule is NCCCC(N)CNCCc1cc(-c2ccc(F)cc2)cc(-c2ccc(F)cc2)c1. The highest BCUT2D eigenvalue weighted by Gasteiger charge is 2.07. The van der Waals surface area contributed by atoms with Crippen LogP contribution >= 0.6 is 0 Å². The highest BCUT2D eigenvalue weighted by molar-refractivity contribution is 5.74. The molecule has 3 nitrogen and oxygen atoms in total. The van der Waals surface area contributed by atoms with E-state index in [9.17, 15) is 8.78 Å². The first-order valence-electron chi connectivity index (χ1n) is 10.4. The van der Waals surface area contributed by atoms with Gasteiger partial charge in [-0.25, -0.2) is 8.78 Å². The Morgan fingerprint density at radius 3 is 1.80 bits per heavy atom. The molecule has 0 fully saturated rings. The molecule has 5 N–H and O–H groups in total. The summed E-state index contributed by atoms with van der Waals surface area (Å²) >= 11 is 0. The lowest BCUT2D eigenvalue weighted by Crippen LogP contribution is -2.35. The first-order chi connectivity index (χ1) is 14.5. The van der Waals surface area contributed by atoms with Crippen molar-refractivity contribution in [3.63, 3.8) is 0 Å². The van der Waals surface area contributed by atoms with Gasteiger partial charge in [-0.05, 0) is 90.5 Å². The van der Waals surface area contributed by atoms with E-state index >= 15 is 0 Å². The van der Waals surface area contributed by atoms with Crippen molar-refractivity contribution in [1.29, 1.82) is 0 Å². The van der Waals surface area contributed by atoms with Crippen LogP contribution in [0.15, 0.2) is 66.7 Å². The Bertz CT molecular complexity index is 860. The second-order valence-electron chi connectivity index (χ2n) is 7.58. The molecule has 0 aliphatic rings. The van der Waals surface area contributed by atoms with E-state index in [-0.39, 0.29) is 17.7 Å². The summed E-state index contributed by atoms with van der Waals surface area (Å²) in [4.78, 5) is 0. The van der Waals surface area contributed by atoms with E-state index < -0.39 is 0 Å². The second kappa shape index (κ2) is 11.0. The summed E-state index contributed by atoms with van der Waals surface area (Å²) in [7, 11) is 0. The molecule has 0 aromatic heterocycles. The number of hydrogen-bond acceptors (Lipinski definition) is 3. The molecule has 0 amide bonds. The molecular formula is C25H29F2N3. The average Bonchev–Trinajstić information content (AvgIpc) is 2.76. The number of hydrogen-bond donors (Lipinski definition) is 3. The minimum Gasteiger partial charge on any atom is -0.330 e. The third kappa shape index (κ3) is 6.46. The molecular weight excluding hydrogens is 380 g/mol. The van der Waals surface area contributed by atoms with E-state index in [4.69, 9.17) is 11.5 Å². The molecule has 5 heteroatoms. The molecule has 30 heavy (non-hydrogen) atoms. The number of rotatable bonds is 10. The van der Waals surface area contributed by atoms with Gasteiger partial charge < -0.3 is 16.8 Å². The summed E-state index contributed by atoms with van der Waals surface area (Å²) in [6.07, 6.45) is 2.68. The second-order valence-corrected chi connectivity index (χ2v) is 7.58. The normalized spacial score (nSPS) is 12.1. The largest absolute Gasteiger partial charge is 0.330 e. The monoisotopic (exact) mass is 409 g/mol. The molecule has 3 aromatic carbocycles. The van der Waals surface area contributed by atoms with Gasteiger partial charge in [0.15, 0.2) is 0 Å². The van der Waals surface area contributed by atoms with Crippen LogP contribution in [0.25, 0.3) is 22.3 Å². The van der Waals surface area contributed by atoms with E-state index in [2.05, 4.69) is 23.5 Å². The van der Waals surface area contributed by atoms with Crippen molar-refractivity contribution in [2.75, 3.05) is 19.6 Å². The molecule has 0 heterocycles. The fraction of sp³-hybridized carbons (Fsp3) is 0.280. The van der Waals surface area contributed by atoms with Gasteiger partial charge in [0, 0.05) is 12.6 Å². The first kappa shape index (κ1) is 22.1. The van der Waals surface area contributed by atoms with Gasteiger partial charge in [-0.3, -0.25) is 0 Å². The zero-order valence-electron chi connectivity index (χ0n) is 17.1. The van der Waals surface area contributed by atoms with Crippen LogP contribution in [0.2, 0.25) is 0 Å². The van der Waals surface area contributed by atoms with Crippen LogP contribution in [-0.4, -0.2) is 25.7 Å². The zero-order valence-corrected chi connectivity index (χ0v) is 17.1. The predicted octanol–water partition coefficient (Wildman–Crippen LogP) is 4.50. The zero-order chi connectivity index (χ0) is 21.3. The predicted molar refractivity (Wildman–Crippen MR) is 120 cm³/mol. The van der Waals surface area contributed by atoms with Gasteiger partial charge in [-0.2, -0.15) is 0 Å². The molecule has 0 saturated heterocycles. The summed E-state index contributed by atoms with van der Waals surface area (Å²) in [6, 6.07) is 19.4. The molecule has 1 unspecified atom stereocenters. The van der Waals surface area contributed by atoms with Crippen molar-refractivity contribution in [2.24, 2.45) is 11.5 Å². The number of nitrogens with one attached hydrogen (secondary N) is 1. The van der Waals surface area contributed by atoms with Crippen molar-refractivity contribution in [2.45, 2.75) is 25.3 Å². The smallest absolute Gasteiger partial charge is 0.123 e. The third-order valence-corrected chi connectivity index (χ3v) is 5.12. The Labute approximate surface area is 177 Å². The van der Waals surface area contributed by atoms with Crippen molar-refractivity contribution in [3.05, 3.63) is 83.9 Å². The fourth-order valence-corrected chi connectivity index (χ4v) is 3.46. The van der Waals surface area contributed by atoms with Crippen LogP contribution in [-0.2, 0) is 6.42 Å². The van der Waals surface area contributed by atoms with E-state index in [0.717, 1.165) is 60.2 Å². The number of benzene rings is 3. The van der Waals surface area contributed by atoms with E-state index in [1.807, 2.05) is 0 Å². The minimum atomic E-state index is -0.260. The van der Waals surface area contributed by atoms with Crippen LogP contribution in [0.4, 0.5) is 8.78 Å². The molecule has 0 aliphatic heterocycles. The number of halogens is 2. The van der Waals surface area contributed by atoms with Gasteiger partial charge in [0.25, 0.3) is 0 Å². The summed E-state index contributed by atoms with van der Waals surface area (Å²) in [5.41, 5.74) is 16.7. The van der Waals surface area contributed by atoms with Crippen LogP contribution < -0.4 is 16.8 Å². The molecule has 0 aliphatic carbocycles. The van der Waals surface area contributed by atoms with Crippen LogP contribution in [0.5, 0.6) is 0 Å². The van der Waals surface area contributed by atoms with Crippen molar-refractivity contribution in [3.8, 4) is 22.3 Å². The van der Waals surface area contributed by atoms with E-state index in [1.54, 1.807) is 24.3 Å². The third-order valence-electron chi connectivity index (χ3n) is 5.12. The van der Waals surface area contributed by atoms with Crippen molar-refractivity contribution >= 4 is 0 Å². The van der Waals surface area contributed by atoms with Gasteiger partial charge in [0.1, 0.15) is 11.6 Å². The lowest BCUT2D eigenvalue weighted by Gasteiger charge is -2.14. The Kier molecular flexibility index (Phi) is 8.08. The Balaban J connectivity index is 1.77. The van der Waals surface area contributed by atoms with Crippen molar-refractivity contribution in [1.82, 2.24) is 5.32 Å². The molecule has 3 rings (SSSR count). The quantitative estimate of drug-likeness (QED) is 0.432. The maximum absolute atomic E-state index is 13.4. The summed E-state index contributed by atoms with van der Waals surface area (Å²) < 4.78 is 26.7. The molecule has 158 valence electrons. The fourth-order valence-electron chi connectivity index (χ4n) is 3.46. The standard InChI is InChI=1S/C25H29F2N3/c26-23-7-3-19(4-8-23)21-14-18(11-13-30-17-25(29)2-1-12-28)15-22(16-21)20-5-9-24(27)10-6-20/h3-10,14-16,25,30H,1-2,11-13,17,28-29H2. The summed E-state index contributed by atoms with van der Waals surface area (Å²) in [5, 5.41) is 3.41. The van der Waals surface area contributed by atoms with E-state index in [0.29, 0.717) is 6.54 Å². The Hall–Kier alpha value is -2.60. The first-order valence-corrected chi connectivity index (χ1v) is 10.4. The van der Waals surface area contributed by atoms with Crippen LogP contribution in [0, 0.1) is 11.6 Å².